The Balaban J connectivity index is 1.96. The first-order valence-corrected chi connectivity index (χ1v) is 7.55. The summed E-state index contributed by atoms with van der Waals surface area (Å²) in [5.74, 6) is 2.21. The summed E-state index contributed by atoms with van der Waals surface area (Å²) in [6.07, 6.45) is 4.94. The zero-order valence-electron chi connectivity index (χ0n) is 12.7. The molecule has 3 rings (SSSR count). The van der Waals surface area contributed by atoms with Gasteiger partial charge in [0.15, 0.2) is 17.5 Å². The third kappa shape index (κ3) is 2.41. The Morgan fingerprint density at radius 3 is 2.62 bits per heavy atom. The molecule has 1 saturated carbocycles. The minimum Gasteiger partial charge on any atom is -0.493 e. The lowest BCUT2D eigenvalue weighted by atomic mass is 10.0. The molecule has 114 valence electrons. The Morgan fingerprint density at radius 1 is 1.19 bits per heavy atom. The van der Waals surface area contributed by atoms with E-state index in [2.05, 4.69) is 16.0 Å². The third-order valence-corrected chi connectivity index (χ3v) is 4.54. The topological polar surface area (TPSA) is 60.1 Å². The summed E-state index contributed by atoms with van der Waals surface area (Å²) in [6.45, 7) is 0.686. The fraction of sp³-hybridized carbons (Fsp3) is 0.562. The second kappa shape index (κ2) is 5.84. The van der Waals surface area contributed by atoms with Gasteiger partial charge in [-0.15, -0.1) is 0 Å². The number of aliphatic imine (C=N–C) groups is 1. The Hall–Kier alpha value is -1.91. The van der Waals surface area contributed by atoms with Crippen molar-refractivity contribution in [3.63, 3.8) is 0 Å². The highest BCUT2D eigenvalue weighted by atomic mass is 16.5. The summed E-state index contributed by atoms with van der Waals surface area (Å²) in [4.78, 5) is 6.76. The van der Waals surface area contributed by atoms with Gasteiger partial charge < -0.3 is 20.1 Å². The summed E-state index contributed by atoms with van der Waals surface area (Å²) in [5, 5.41) is 0. The monoisotopic (exact) mass is 289 g/mol. The first-order chi connectivity index (χ1) is 10.3. The highest BCUT2D eigenvalue weighted by Gasteiger charge is 2.36. The molecule has 0 bridgehead atoms. The van der Waals surface area contributed by atoms with Crippen LogP contribution in [0.3, 0.4) is 0 Å². The lowest BCUT2D eigenvalue weighted by Gasteiger charge is -2.33. The van der Waals surface area contributed by atoms with Crippen LogP contribution in [0.15, 0.2) is 23.2 Å². The number of methoxy groups -OCH3 is 2. The second-order valence-corrected chi connectivity index (χ2v) is 5.64. The first kappa shape index (κ1) is 14.0. The Labute approximate surface area is 125 Å². The molecule has 1 unspecified atom stereocenters. The Bertz CT molecular complexity index is 538. The molecule has 1 atom stereocenters. The average molecular weight is 289 g/mol. The van der Waals surface area contributed by atoms with Crippen molar-refractivity contribution >= 4 is 5.96 Å². The van der Waals surface area contributed by atoms with Crippen LogP contribution in [0.25, 0.3) is 0 Å². The predicted octanol–water partition coefficient (Wildman–Crippen LogP) is 2.32. The molecule has 1 aliphatic heterocycles. The van der Waals surface area contributed by atoms with Gasteiger partial charge in [-0.2, -0.15) is 0 Å². The molecular weight excluding hydrogens is 266 g/mol. The van der Waals surface area contributed by atoms with Gasteiger partial charge in [0.25, 0.3) is 0 Å². The van der Waals surface area contributed by atoms with Gasteiger partial charge in [0.1, 0.15) is 0 Å². The number of hydrogen-bond donors (Lipinski definition) is 1. The largest absolute Gasteiger partial charge is 0.493 e. The average Bonchev–Trinajstić information content (AvgIpc) is 3.15. The van der Waals surface area contributed by atoms with E-state index in [1.54, 1.807) is 14.2 Å². The van der Waals surface area contributed by atoms with Crippen molar-refractivity contribution in [1.29, 1.82) is 0 Å². The molecule has 1 aliphatic carbocycles. The van der Waals surface area contributed by atoms with E-state index in [-0.39, 0.29) is 6.04 Å². The molecule has 2 N–H and O–H groups in total. The van der Waals surface area contributed by atoms with Crippen LogP contribution in [0.1, 0.15) is 37.3 Å². The standard InChI is InChI=1S/C16H23N3O2/c1-20-14-9-5-8-12(15(14)21-2)13-10-18-16(17)19(13)11-6-3-4-7-11/h5,8-9,11,13H,3-4,6-7,10H2,1-2H3,(H2,17,18). The van der Waals surface area contributed by atoms with Crippen molar-refractivity contribution < 1.29 is 9.47 Å². The minimum atomic E-state index is 0.151. The van der Waals surface area contributed by atoms with Crippen LogP contribution in [-0.4, -0.2) is 37.7 Å². The molecular formula is C16H23N3O2. The van der Waals surface area contributed by atoms with E-state index < -0.39 is 0 Å². The van der Waals surface area contributed by atoms with Gasteiger partial charge in [-0.3, -0.25) is 4.99 Å². The van der Waals surface area contributed by atoms with Crippen molar-refractivity contribution in [3.8, 4) is 11.5 Å². The Kier molecular flexibility index (Phi) is 3.90. The Morgan fingerprint density at radius 2 is 1.95 bits per heavy atom. The lowest BCUT2D eigenvalue weighted by molar-refractivity contribution is 0.254. The van der Waals surface area contributed by atoms with E-state index in [0.29, 0.717) is 18.5 Å². The van der Waals surface area contributed by atoms with Crippen LogP contribution in [0.5, 0.6) is 11.5 Å². The molecule has 0 spiro atoms. The number of nitrogens with zero attached hydrogens (tertiary/aromatic N) is 2. The van der Waals surface area contributed by atoms with Crippen LogP contribution < -0.4 is 15.2 Å². The molecule has 2 aliphatic rings. The highest BCUT2D eigenvalue weighted by molar-refractivity contribution is 5.81. The van der Waals surface area contributed by atoms with Gasteiger partial charge >= 0.3 is 0 Å². The first-order valence-electron chi connectivity index (χ1n) is 7.55. The van der Waals surface area contributed by atoms with Gasteiger partial charge in [-0.25, -0.2) is 0 Å². The van der Waals surface area contributed by atoms with Crippen LogP contribution >= 0.6 is 0 Å². The van der Waals surface area contributed by atoms with Crippen LogP contribution in [0, 0.1) is 0 Å². The summed E-state index contributed by atoms with van der Waals surface area (Å²) < 4.78 is 11.0. The highest BCUT2D eigenvalue weighted by Crippen LogP contribution is 2.41. The zero-order chi connectivity index (χ0) is 14.8. The molecule has 5 nitrogen and oxygen atoms in total. The van der Waals surface area contributed by atoms with E-state index in [1.807, 2.05) is 12.1 Å². The number of benzene rings is 1. The van der Waals surface area contributed by atoms with E-state index in [0.717, 1.165) is 17.1 Å². The lowest BCUT2D eigenvalue weighted by Crippen LogP contribution is -2.42. The number of para-hydroxylation sites is 1. The van der Waals surface area contributed by atoms with E-state index in [1.165, 1.54) is 25.7 Å². The van der Waals surface area contributed by atoms with Crippen molar-refractivity contribution in [2.45, 2.75) is 37.8 Å². The quantitative estimate of drug-likeness (QED) is 0.924. The second-order valence-electron chi connectivity index (χ2n) is 5.64. The normalized spacial score (nSPS) is 22.5. The van der Waals surface area contributed by atoms with Crippen LogP contribution in [0.2, 0.25) is 0 Å². The fourth-order valence-electron chi connectivity index (χ4n) is 3.56. The van der Waals surface area contributed by atoms with Gasteiger partial charge in [-0.05, 0) is 18.9 Å². The van der Waals surface area contributed by atoms with Crippen molar-refractivity contribution in [2.75, 3.05) is 20.8 Å². The summed E-state index contributed by atoms with van der Waals surface area (Å²) in [7, 11) is 3.34. The van der Waals surface area contributed by atoms with Gasteiger partial charge in [0, 0.05) is 11.6 Å². The predicted molar refractivity (Wildman–Crippen MR) is 82.9 cm³/mol. The number of rotatable bonds is 4. The molecule has 1 aromatic carbocycles. The summed E-state index contributed by atoms with van der Waals surface area (Å²) in [5.41, 5.74) is 7.26. The van der Waals surface area contributed by atoms with Crippen molar-refractivity contribution in [1.82, 2.24) is 4.90 Å². The molecule has 0 saturated heterocycles. The third-order valence-electron chi connectivity index (χ3n) is 4.54. The molecule has 0 aromatic heterocycles. The number of ether oxygens (including phenoxy) is 2. The minimum absolute atomic E-state index is 0.151. The van der Waals surface area contributed by atoms with E-state index in [9.17, 15) is 0 Å². The van der Waals surface area contributed by atoms with E-state index >= 15 is 0 Å². The molecule has 1 heterocycles. The molecule has 0 radical (unpaired) electrons. The molecule has 1 aromatic rings. The number of nitrogens with two attached hydrogens (primary N) is 1. The fourth-order valence-corrected chi connectivity index (χ4v) is 3.56. The van der Waals surface area contributed by atoms with Gasteiger partial charge in [0.05, 0.1) is 26.8 Å². The molecule has 5 heteroatoms. The maximum atomic E-state index is 6.15. The smallest absolute Gasteiger partial charge is 0.192 e. The molecule has 1 fully saturated rings. The molecule has 21 heavy (non-hydrogen) atoms. The summed E-state index contributed by atoms with van der Waals surface area (Å²) >= 11 is 0. The molecule has 0 amide bonds. The van der Waals surface area contributed by atoms with Gasteiger partial charge in [0.2, 0.25) is 0 Å². The van der Waals surface area contributed by atoms with Gasteiger partial charge in [-0.1, -0.05) is 25.0 Å². The van der Waals surface area contributed by atoms with Crippen LogP contribution in [0.4, 0.5) is 0 Å². The maximum Gasteiger partial charge on any atom is 0.192 e. The maximum absolute atomic E-state index is 6.15. The van der Waals surface area contributed by atoms with E-state index in [4.69, 9.17) is 15.2 Å². The zero-order valence-corrected chi connectivity index (χ0v) is 12.7. The SMILES string of the molecule is COc1cccc(C2CN=C(N)N2C2CCCC2)c1OC. The van der Waals surface area contributed by atoms with Crippen molar-refractivity contribution in [3.05, 3.63) is 23.8 Å². The van der Waals surface area contributed by atoms with Crippen LogP contribution in [-0.2, 0) is 0 Å². The number of hydrogen-bond acceptors (Lipinski definition) is 5. The number of guanidine groups is 1. The van der Waals surface area contributed by atoms with Crippen molar-refractivity contribution in [2.24, 2.45) is 10.7 Å². The summed E-state index contributed by atoms with van der Waals surface area (Å²) in [6, 6.07) is 6.65.